The first kappa shape index (κ1) is 18.2. The zero-order valence-electron chi connectivity index (χ0n) is 14.5. The lowest BCUT2D eigenvalue weighted by molar-refractivity contribution is 0.0950. The molecule has 0 saturated carbocycles. The summed E-state index contributed by atoms with van der Waals surface area (Å²) in [5, 5.41) is 14.0. The molecule has 0 aliphatic carbocycles. The highest BCUT2D eigenvalue weighted by molar-refractivity contribution is 6.42. The molecular weight excluding hydrogens is 395 g/mol. The molecule has 28 heavy (non-hydrogen) atoms. The van der Waals surface area contributed by atoms with Gasteiger partial charge in [0.05, 0.1) is 22.0 Å². The van der Waals surface area contributed by atoms with Crippen LogP contribution < -0.4 is 5.43 Å². The number of halogens is 2. The van der Waals surface area contributed by atoms with Gasteiger partial charge < -0.3 is 0 Å². The number of fused-ring (bicyclic) bond motifs is 1. The van der Waals surface area contributed by atoms with Crippen LogP contribution in [0.3, 0.4) is 0 Å². The van der Waals surface area contributed by atoms with Crippen molar-refractivity contribution in [3.05, 3.63) is 88.0 Å². The van der Waals surface area contributed by atoms with Crippen molar-refractivity contribution in [3.8, 4) is 11.3 Å². The van der Waals surface area contributed by atoms with E-state index in [1.165, 1.54) is 0 Å². The molecule has 0 aliphatic heterocycles. The van der Waals surface area contributed by atoms with Crippen LogP contribution in [0.25, 0.3) is 22.0 Å². The molecule has 0 aliphatic rings. The maximum absolute atomic E-state index is 12.3. The third-order valence-corrected chi connectivity index (χ3v) is 4.97. The summed E-state index contributed by atoms with van der Waals surface area (Å²) in [7, 11) is 0. The Morgan fingerprint density at radius 2 is 1.82 bits per heavy atom. The summed E-state index contributed by atoms with van der Waals surface area (Å²) >= 11 is 12.0. The van der Waals surface area contributed by atoms with Crippen molar-refractivity contribution in [2.45, 2.75) is 0 Å². The maximum Gasteiger partial charge on any atom is 0.289 e. The number of carbonyl (C=O) groups is 1. The second kappa shape index (κ2) is 7.84. The molecule has 4 rings (SSSR count). The molecule has 0 atom stereocenters. The van der Waals surface area contributed by atoms with Crippen LogP contribution in [0.5, 0.6) is 0 Å². The number of nitrogens with zero attached hydrogens (tertiary/aromatic N) is 2. The Morgan fingerprint density at radius 3 is 2.68 bits per heavy atom. The number of aromatic amines is 1. The van der Waals surface area contributed by atoms with Gasteiger partial charge >= 0.3 is 0 Å². The van der Waals surface area contributed by atoms with Crippen LogP contribution in [0, 0.1) is 0 Å². The Morgan fingerprint density at radius 1 is 1.00 bits per heavy atom. The highest BCUT2D eigenvalue weighted by Crippen LogP contribution is 2.27. The van der Waals surface area contributed by atoms with Crippen molar-refractivity contribution in [3.63, 3.8) is 0 Å². The summed E-state index contributed by atoms with van der Waals surface area (Å²) < 4.78 is 0. The van der Waals surface area contributed by atoms with E-state index in [1.54, 1.807) is 30.5 Å². The molecule has 138 valence electrons. The molecule has 7 heteroatoms. The van der Waals surface area contributed by atoms with Gasteiger partial charge in [0.25, 0.3) is 5.91 Å². The Bertz CT molecular complexity index is 1190. The van der Waals surface area contributed by atoms with Crippen LogP contribution in [0.1, 0.15) is 16.1 Å². The van der Waals surface area contributed by atoms with Crippen molar-refractivity contribution in [1.82, 2.24) is 15.6 Å². The van der Waals surface area contributed by atoms with E-state index in [0.717, 1.165) is 21.9 Å². The molecule has 0 spiro atoms. The van der Waals surface area contributed by atoms with E-state index in [4.69, 9.17) is 23.2 Å². The molecule has 4 aromatic rings. The zero-order valence-corrected chi connectivity index (χ0v) is 16.0. The second-order valence-electron chi connectivity index (χ2n) is 6.06. The van der Waals surface area contributed by atoms with Gasteiger partial charge in [0.1, 0.15) is 5.69 Å². The maximum atomic E-state index is 12.3. The smallest absolute Gasteiger partial charge is 0.272 e. The summed E-state index contributed by atoms with van der Waals surface area (Å²) in [6.07, 6.45) is 1.62. The number of hydrogen-bond donors (Lipinski definition) is 2. The minimum atomic E-state index is -0.393. The molecule has 0 fully saturated rings. The molecule has 0 radical (unpaired) electrons. The first-order valence-electron chi connectivity index (χ1n) is 8.44. The normalized spacial score (nSPS) is 11.2. The lowest BCUT2D eigenvalue weighted by Gasteiger charge is -2.01. The van der Waals surface area contributed by atoms with Crippen molar-refractivity contribution >= 4 is 46.1 Å². The number of hydrogen-bond acceptors (Lipinski definition) is 3. The van der Waals surface area contributed by atoms with E-state index in [2.05, 4.69) is 20.7 Å². The van der Waals surface area contributed by atoms with Crippen LogP contribution in [0.4, 0.5) is 0 Å². The summed E-state index contributed by atoms with van der Waals surface area (Å²) in [5.41, 5.74) is 5.05. The molecule has 1 heterocycles. The number of amides is 1. The topological polar surface area (TPSA) is 70.1 Å². The van der Waals surface area contributed by atoms with Gasteiger partial charge in [-0.15, -0.1) is 0 Å². The van der Waals surface area contributed by atoms with Gasteiger partial charge in [-0.2, -0.15) is 10.2 Å². The highest BCUT2D eigenvalue weighted by Gasteiger charge is 2.11. The monoisotopic (exact) mass is 408 g/mol. The van der Waals surface area contributed by atoms with Gasteiger partial charge in [-0.05, 0) is 29.0 Å². The van der Waals surface area contributed by atoms with Crippen LogP contribution in [0.2, 0.25) is 10.0 Å². The second-order valence-corrected chi connectivity index (χ2v) is 6.88. The number of carbonyl (C=O) groups excluding carboxylic acids is 1. The van der Waals surface area contributed by atoms with Gasteiger partial charge in [0.15, 0.2) is 0 Å². The number of aromatic nitrogens is 2. The van der Waals surface area contributed by atoms with E-state index < -0.39 is 5.91 Å². The van der Waals surface area contributed by atoms with E-state index in [0.29, 0.717) is 15.7 Å². The highest BCUT2D eigenvalue weighted by atomic mass is 35.5. The van der Waals surface area contributed by atoms with E-state index in [9.17, 15) is 4.79 Å². The Labute approximate surface area is 171 Å². The summed E-state index contributed by atoms with van der Waals surface area (Å²) in [6.45, 7) is 0. The molecule has 5 nitrogen and oxygen atoms in total. The Balaban J connectivity index is 1.49. The Kier molecular flexibility index (Phi) is 5.10. The van der Waals surface area contributed by atoms with E-state index in [-0.39, 0.29) is 5.69 Å². The summed E-state index contributed by atoms with van der Waals surface area (Å²) in [4.78, 5) is 12.3. The average Bonchev–Trinajstić information content (AvgIpc) is 3.20. The molecule has 0 saturated heterocycles. The van der Waals surface area contributed by atoms with Crippen molar-refractivity contribution in [1.29, 1.82) is 0 Å². The predicted molar refractivity (Wildman–Crippen MR) is 113 cm³/mol. The van der Waals surface area contributed by atoms with Gasteiger partial charge in [0.2, 0.25) is 0 Å². The minimum absolute atomic E-state index is 0.288. The van der Waals surface area contributed by atoms with Crippen molar-refractivity contribution in [2.24, 2.45) is 5.10 Å². The molecule has 2 N–H and O–H groups in total. The first-order chi connectivity index (χ1) is 13.6. The van der Waals surface area contributed by atoms with Crippen LogP contribution >= 0.6 is 23.2 Å². The minimum Gasteiger partial charge on any atom is -0.272 e. The predicted octanol–water partition coefficient (Wildman–Crippen LogP) is 5.30. The lowest BCUT2D eigenvalue weighted by Crippen LogP contribution is -2.18. The number of rotatable bonds is 4. The lowest BCUT2D eigenvalue weighted by atomic mass is 10.1. The number of hydrazone groups is 1. The van der Waals surface area contributed by atoms with Crippen LogP contribution in [-0.2, 0) is 0 Å². The molecule has 1 amide bonds. The number of H-pyrrole nitrogens is 1. The quantitative estimate of drug-likeness (QED) is 0.355. The summed E-state index contributed by atoms with van der Waals surface area (Å²) in [5.74, 6) is -0.393. The largest absolute Gasteiger partial charge is 0.289 e. The van der Waals surface area contributed by atoms with Crippen molar-refractivity contribution in [2.75, 3.05) is 0 Å². The Hall–Kier alpha value is -3.15. The van der Waals surface area contributed by atoms with Crippen LogP contribution in [0.15, 0.2) is 71.8 Å². The van der Waals surface area contributed by atoms with Crippen LogP contribution in [-0.4, -0.2) is 22.3 Å². The van der Waals surface area contributed by atoms with Gasteiger partial charge in [-0.1, -0.05) is 71.7 Å². The number of nitrogens with one attached hydrogen (secondary N) is 2. The third-order valence-electron chi connectivity index (χ3n) is 4.23. The molecule has 1 aromatic heterocycles. The number of benzene rings is 3. The standard InChI is InChI=1S/C21H14Cl2N4O/c22-17-9-8-14(10-18(17)23)19-11-20(26-25-19)21(28)27-24-12-15-6-3-5-13-4-1-2-7-16(13)15/h1-12H,(H,25,26)(H,27,28). The molecule has 0 unspecified atom stereocenters. The van der Waals surface area contributed by atoms with E-state index >= 15 is 0 Å². The average molecular weight is 409 g/mol. The summed E-state index contributed by atoms with van der Waals surface area (Å²) in [6, 6.07) is 20.7. The van der Waals surface area contributed by atoms with E-state index in [1.807, 2.05) is 42.5 Å². The fourth-order valence-electron chi connectivity index (χ4n) is 2.83. The fourth-order valence-corrected chi connectivity index (χ4v) is 3.12. The molecule has 3 aromatic carbocycles. The molecular formula is C21H14Cl2N4O. The third kappa shape index (κ3) is 3.76. The van der Waals surface area contributed by atoms with Gasteiger partial charge in [-0.3, -0.25) is 9.89 Å². The van der Waals surface area contributed by atoms with Gasteiger partial charge in [0, 0.05) is 11.1 Å². The van der Waals surface area contributed by atoms with Gasteiger partial charge in [-0.25, -0.2) is 5.43 Å². The van der Waals surface area contributed by atoms with Crippen molar-refractivity contribution < 1.29 is 4.79 Å². The fraction of sp³-hybridized carbons (Fsp3) is 0. The zero-order chi connectivity index (χ0) is 19.5. The SMILES string of the molecule is O=C(NN=Cc1cccc2ccccc12)c1cc(-c2ccc(Cl)c(Cl)c2)n[nH]1. The molecule has 0 bridgehead atoms. The first-order valence-corrected chi connectivity index (χ1v) is 9.19.